The number of carbonyl (C=O) groups is 1. The first kappa shape index (κ1) is 14.7. The smallest absolute Gasteiger partial charge is 0.269 e. The minimum atomic E-state index is -0.791. The number of carbonyl (C=O) groups excluding carboxylic acids is 1. The maximum absolute atomic E-state index is 12.1. The number of hydrogen-bond donors (Lipinski definition) is 2. The van der Waals surface area contributed by atoms with Crippen molar-refractivity contribution in [3.63, 3.8) is 0 Å². The topological polar surface area (TPSA) is 98.3 Å². The molecular formula is C15H15N3O3. The van der Waals surface area contributed by atoms with Crippen LogP contribution in [0.4, 0.5) is 11.4 Å². The lowest BCUT2D eigenvalue weighted by Gasteiger charge is -2.13. The van der Waals surface area contributed by atoms with Crippen molar-refractivity contribution >= 4 is 17.3 Å². The molecule has 21 heavy (non-hydrogen) atoms. The van der Waals surface area contributed by atoms with Crippen molar-refractivity contribution in [3.8, 4) is 0 Å². The minimum absolute atomic E-state index is 0.0159. The van der Waals surface area contributed by atoms with E-state index in [0.717, 1.165) is 0 Å². The van der Waals surface area contributed by atoms with Gasteiger partial charge in [-0.05, 0) is 24.1 Å². The Kier molecular flexibility index (Phi) is 4.30. The van der Waals surface area contributed by atoms with E-state index in [1.54, 1.807) is 31.2 Å². The fourth-order valence-corrected chi connectivity index (χ4v) is 1.92. The summed E-state index contributed by atoms with van der Waals surface area (Å²) in [5, 5.41) is 13.4. The molecule has 1 atom stereocenters. The van der Waals surface area contributed by atoms with Gasteiger partial charge < -0.3 is 11.1 Å². The summed E-state index contributed by atoms with van der Waals surface area (Å²) in [5.41, 5.74) is 7.70. The number of rotatable bonds is 4. The highest BCUT2D eigenvalue weighted by Gasteiger charge is 2.17. The van der Waals surface area contributed by atoms with Crippen LogP contribution in [-0.4, -0.2) is 10.8 Å². The predicted molar refractivity (Wildman–Crippen MR) is 79.8 cm³/mol. The van der Waals surface area contributed by atoms with Crippen molar-refractivity contribution in [3.05, 3.63) is 69.8 Å². The zero-order valence-corrected chi connectivity index (χ0v) is 11.4. The molecule has 0 aliphatic rings. The van der Waals surface area contributed by atoms with Crippen LogP contribution >= 0.6 is 0 Å². The molecule has 0 saturated heterocycles. The Morgan fingerprint density at radius 3 is 2.48 bits per heavy atom. The summed E-state index contributed by atoms with van der Waals surface area (Å²) in [5.74, 6) is -0.363. The number of nitrogens with zero attached hydrogens (tertiary/aromatic N) is 1. The average Bonchev–Trinajstić information content (AvgIpc) is 2.49. The van der Waals surface area contributed by atoms with E-state index >= 15 is 0 Å². The van der Waals surface area contributed by atoms with Crippen LogP contribution < -0.4 is 11.1 Å². The van der Waals surface area contributed by atoms with Gasteiger partial charge in [0.2, 0.25) is 5.91 Å². The number of nitrogens with two attached hydrogens (primary N) is 1. The quantitative estimate of drug-likeness (QED) is 0.666. The molecule has 0 fully saturated rings. The van der Waals surface area contributed by atoms with E-state index in [2.05, 4.69) is 5.32 Å². The van der Waals surface area contributed by atoms with Crippen LogP contribution in [0.1, 0.15) is 17.2 Å². The first-order valence-corrected chi connectivity index (χ1v) is 6.35. The van der Waals surface area contributed by atoms with E-state index in [1.807, 2.05) is 6.07 Å². The second kappa shape index (κ2) is 6.15. The van der Waals surface area contributed by atoms with E-state index in [-0.39, 0.29) is 11.6 Å². The normalized spacial score (nSPS) is 11.7. The summed E-state index contributed by atoms with van der Waals surface area (Å²) in [4.78, 5) is 22.3. The van der Waals surface area contributed by atoms with Gasteiger partial charge in [-0.25, -0.2) is 0 Å². The Balaban J connectivity index is 2.15. The zero-order valence-electron chi connectivity index (χ0n) is 11.4. The molecular weight excluding hydrogens is 270 g/mol. The second-order valence-electron chi connectivity index (χ2n) is 4.63. The van der Waals surface area contributed by atoms with Gasteiger partial charge in [-0.15, -0.1) is 0 Å². The van der Waals surface area contributed by atoms with Crippen molar-refractivity contribution in [2.24, 2.45) is 5.73 Å². The van der Waals surface area contributed by atoms with Gasteiger partial charge in [-0.3, -0.25) is 14.9 Å². The number of amides is 1. The largest absolute Gasteiger partial charge is 0.324 e. The van der Waals surface area contributed by atoms with E-state index in [9.17, 15) is 14.9 Å². The lowest BCUT2D eigenvalue weighted by atomic mass is 10.1. The fourth-order valence-electron chi connectivity index (χ4n) is 1.92. The molecule has 108 valence electrons. The van der Waals surface area contributed by atoms with Gasteiger partial charge in [-0.1, -0.05) is 30.3 Å². The SMILES string of the molecule is Cc1cc([N+](=O)[O-])ccc1NC(=O)[C@@H](N)c1ccccc1. The highest BCUT2D eigenvalue weighted by Crippen LogP contribution is 2.22. The highest BCUT2D eigenvalue weighted by atomic mass is 16.6. The number of nitro groups is 1. The molecule has 0 unspecified atom stereocenters. The molecule has 0 saturated carbocycles. The first-order valence-electron chi connectivity index (χ1n) is 6.35. The molecule has 0 aliphatic heterocycles. The molecule has 0 radical (unpaired) electrons. The molecule has 0 heterocycles. The average molecular weight is 285 g/mol. The molecule has 0 aliphatic carbocycles. The van der Waals surface area contributed by atoms with Crippen molar-refractivity contribution in [1.82, 2.24) is 0 Å². The van der Waals surface area contributed by atoms with Crippen LogP contribution in [0.5, 0.6) is 0 Å². The van der Waals surface area contributed by atoms with E-state index in [4.69, 9.17) is 5.73 Å². The Morgan fingerprint density at radius 1 is 1.24 bits per heavy atom. The maximum atomic E-state index is 12.1. The number of anilines is 1. The third-order valence-corrected chi connectivity index (χ3v) is 3.12. The Morgan fingerprint density at radius 2 is 1.90 bits per heavy atom. The van der Waals surface area contributed by atoms with Crippen molar-refractivity contribution in [2.75, 3.05) is 5.32 Å². The van der Waals surface area contributed by atoms with Gasteiger partial charge in [0.25, 0.3) is 5.69 Å². The summed E-state index contributed by atoms with van der Waals surface area (Å²) in [6.45, 7) is 1.69. The zero-order chi connectivity index (χ0) is 15.4. The lowest BCUT2D eigenvalue weighted by Crippen LogP contribution is -2.27. The summed E-state index contributed by atoms with van der Waals surface area (Å²) in [6.07, 6.45) is 0. The highest BCUT2D eigenvalue weighted by molar-refractivity contribution is 5.96. The van der Waals surface area contributed by atoms with Crippen LogP contribution in [0, 0.1) is 17.0 Å². The van der Waals surface area contributed by atoms with Gasteiger partial charge in [0.1, 0.15) is 6.04 Å². The number of non-ortho nitro benzene ring substituents is 1. The number of aryl methyl sites for hydroxylation is 1. The monoisotopic (exact) mass is 285 g/mol. The summed E-state index contributed by atoms with van der Waals surface area (Å²) in [6, 6.07) is 12.5. The van der Waals surface area contributed by atoms with Gasteiger partial charge in [0, 0.05) is 17.8 Å². The van der Waals surface area contributed by atoms with E-state index < -0.39 is 11.0 Å². The van der Waals surface area contributed by atoms with Gasteiger partial charge >= 0.3 is 0 Å². The summed E-state index contributed by atoms with van der Waals surface area (Å²) < 4.78 is 0. The molecule has 2 aromatic rings. The number of benzene rings is 2. The molecule has 6 nitrogen and oxygen atoms in total. The van der Waals surface area contributed by atoms with Crippen molar-refractivity contribution in [1.29, 1.82) is 0 Å². The number of nitro benzene ring substituents is 1. The van der Waals surface area contributed by atoms with E-state index in [1.165, 1.54) is 18.2 Å². The second-order valence-corrected chi connectivity index (χ2v) is 4.63. The number of nitrogens with one attached hydrogen (secondary N) is 1. The molecule has 2 aromatic carbocycles. The molecule has 0 spiro atoms. The summed E-state index contributed by atoms with van der Waals surface area (Å²) >= 11 is 0. The van der Waals surface area contributed by atoms with Crippen LogP contribution in [0.2, 0.25) is 0 Å². The van der Waals surface area contributed by atoms with Gasteiger partial charge in [0.15, 0.2) is 0 Å². The Bertz CT molecular complexity index is 671. The maximum Gasteiger partial charge on any atom is 0.269 e. The Hall–Kier alpha value is -2.73. The molecule has 0 aromatic heterocycles. The standard InChI is InChI=1S/C15H15N3O3/c1-10-9-12(18(20)21)7-8-13(10)17-15(19)14(16)11-5-3-2-4-6-11/h2-9,14H,16H2,1H3,(H,17,19)/t14-/m0/s1. The molecule has 1 amide bonds. The third kappa shape index (κ3) is 3.43. The van der Waals surface area contributed by atoms with Crippen LogP contribution in [0.3, 0.4) is 0 Å². The summed E-state index contributed by atoms with van der Waals surface area (Å²) in [7, 11) is 0. The van der Waals surface area contributed by atoms with Crippen LogP contribution in [0.15, 0.2) is 48.5 Å². The van der Waals surface area contributed by atoms with Crippen molar-refractivity contribution < 1.29 is 9.72 Å². The number of hydrogen-bond acceptors (Lipinski definition) is 4. The van der Waals surface area contributed by atoms with Crippen LogP contribution in [0.25, 0.3) is 0 Å². The molecule has 2 rings (SSSR count). The van der Waals surface area contributed by atoms with Gasteiger partial charge in [-0.2, -0.15) is 0 Å². The van der Waals surface area contributed by atoms with Crippen molar-refractivity contribution in [2.45, 2.75) is 13.0 Å². The first-order chi connectivity index (χ1) is 9.99. The molecule has 0 bridgehead atoms. The lowest BCUT2D eigenvalue weighted by molar-refractivity contribution is -0.384. The van der Waals surface area contributed by atoms with Crippen LogP contribution in [-0.2, 0) is 4.79 Å². The third-order valence-electron chi connectivity index (χ3n) is 3.12. The molecule has 3 N–H and O–H groups in total. The van der Waals surface area contributed by atoms with Gasteiger partial charge in [0.05, 0.1) is 4.92 Å². The fraction of sp³-hybridized carbons (Fsp3) is 0.133. The molecule has 6 heteroatoms. The predicted octanol–water partition coefficient (Wildman–Crippen LogP) is 2.54. The Labute approximate surface area is 121 Å². The minimum Gasteiger partial charge on any atom is -0.324 e. The van der Waals surface area contributed by atoms with E-state index in [0.29, 0.717) is 16.8 Å².